The van der Waals surface area contributed by atoms with Gasteiger partial charge in [-0.25, -0.2) is 9.37 Å². The van der Waals surface area contributed by atoms with Gasteiger partial charge in [0.1, 0.15) is 5.82 Å². The van der Waals surface area contributed by atoms with E-state index in [1.54, 1.807) is 25.3 Å². The van der Waals surface area contributed by atoms with Crippen molar-refractivity contribution in [2.75, 3.05) is 0 Å². The predicted octanol–water partition coefficient (Wildman–Crippen LogP) is 3.84. The number of aromatic nitrogens is 1. The number of halogens is 1. The Balaban J connectivity index is 2.22. The summed E-state index contributed by atoms with van der Waals surface area (Å²) in [4.78, 5) is 4.21. The summed E-state index contributed by atoms with van der Waals surface area (Å²) in [5, 5.41) is 0. The first-order chi connectivity index (χ1) is 8.97. The zero-order valence-electron chi connectivity index (χ0n) is 11.5. The lowest BCUT2D eigenvalue weighted by atomic mass is 10.0. The van der Waals surface area contributed by atoms with E-state index in [-0.39, 0.29) is 11.9 Å². The van der Waals surface area contributed by atoms with E-state index in [0.29, 0.717) is 23.1 Å². The molecule has 0 aliphatic rings. The minimum Gasteiger partial charge on any atom is -0.439 e. The first-order valence-corrected chi connectivity index (χ1v) is 6.45. The van der Waals surface area contributed by atoms with Gasteiger partial charge in [0.05, 0.1) is 12.2 Å². The third-order valence-corrected chi connectivity index (χ3v) is 3.01. The highest BCUT2D eigenvalue weighted by molar-refractivity contribution is 5.57. The summed E-state index contributed by atoms with van der Waals surface area (Å²) in [6.45, 7) is 5.93. The van der Waals surface area contributed by atoms with E-state index in [4.69, 9.17) is 10.2 Å². The molecule has 2 aromatic rings. The highest BCUT2D eigenvalue weighted by Crippen LogP contribution is 2.26. The van der Waals surface area contributed by atoms with Gasteiger partial charge in [-0.1, -0.05) is 13.8 Å². The number of rotatable bonds is 4. The Morgan fingerprint density at radius 3 is 2.74 bits per heavy atom. The van der Waals surface area contributed by atoms with Crippen molar-refractivity contribution in [1.29, 1.82) is 0 Å². The average molecular weight is 262 g/mol. The summed E-state index contributed by atoms with van der Waals surface area (Å²) in [7, 11) is 0. The zero-order valence-corrected chi connectivity index (χ0v) is 11.5. The molecular formula is C15H19FN2O. The zero-order chi connectivity index (χ0) is 14.0. The van der Waals surface area contributed by atoms with Gasteiger partial charge in [-0.3, -0.25) is 0 Å². The number of aryl methyl sites for hydroxylation is 1. The van der Waals surface area contributed by atoms with Gasteiger partial charge >= 0.3 is 0 Å². The van der Waals surface area contributed by atoms with E-state index in [0.717, 1.165) is 12.0 Å². The molecule has 1 heterocycles. The van der Waals surface area contributed by atoms with Crippen LogP contribution < -0.4 is 5.73 Å². The molecule has 19 heavy (non-hydrogen) atoms. The van der Waals surface area contributed by atoms with Crippen LogP contribution in [0, 0.1) is 18.7 Å². The molecule has 0 spiro atoms. The number of oxazole rings is 1. The third-order valence-electron chi connectivity index (χ3n) is 3.01. The fraction of sp³-hybridized carbons (Fsp3) is 0.400. The van der Waals surface area contributed by atoms with Crippen LogP contribution in [0.4, 0.5) is 4.39 Å². The van der Waals surface area contributed by atoms with Gasteiger partial charge in [-0.2, -0.15) is 0 Å². The maximum Gasteiger partial charge on any atom is 0.211 e. The molecule has 2 N–H and O–H groups in total. The van der Waals surface area contributed by atoms with Crippen LogP contribution >= 0.6 is 0 Å². The number of nitrogens with zero attached hydrogens (tertiary/aromatic N) is 1. The van der Waals surface area contributed by atoms with Gasteiger partial charge < -0.3 is 10.2 Å². The Morgan fingerprint density at radius 2 is 2.11 bits per heavy atom. The van der Waals surface area contributed by atoms with E-state index < -0.39 is 0 Å². The Bertz CT molecular complexity index is 563. The molecule has 0 amide bonds. The van der Waals surface area contributed by atoms with Gasteiger partial charge in [-0.15, -0.1) is 0 Å². The van der Waals surface area contributed by atoms with E-state index in [2.05, 4.69) is 18.8 Å². The van der Waals surface area contributed by atoms with Crippen LogP contribution in [0.25, 0.3) is 11.3 Å². The molecule has 0 fully saturated rings. The smallest absolute Gasteiger partial charge is 0.211 e. The molecule has 4 heteroatoms. The third kappa shape index (κ3) is 3.20. The number of nitrogens with two attached hydrogens (primary N) is 1. The van der Waals surface area contributed by atoms with Crippen LogP contribution in [-0.2, 0) is 0 Å². The number of hydrogen-bond acceptors (Lipinski definition) is 3. The van der Waals surface area contributed by atoms with Crippen molar-refractivity contribution < 1.29 is 8.81 Å². The molecule has 0 aliphatic carbocycles. The van der Waals surface area contributed by atoms with E-state index >= 15 is 0 Å². The highest BCUT2D eigenvalue weighted by atomic mass is 19.1. The molecule has 3 nitrogen and oxygen atoms in total. The van der Waals surface area contributed by atoms with Gasteiger partial charge in [0.2, 0.25) is 5.89 Å². The van der Waals surface area contributed by atoms with Crippen molar-refractivity contribution in [3.8, 4) is 11.3 Å². The summed E-state index contributed by atoms with van der Waals surface area (Å²) in [5.41, 5.74) is 7.42. The van der Waals surface area contributed by atoms with Gasteiger partial charge in [-0.05, 0) is 43.0 Å². The largest absolute Gasteiger partial charge is 0.439 e. The lowest BCUT2D eigenvalue weighted by molar-refractivity contribution is 0.408. The fourth-order valence-corrected chi connectivity index (χ4v) is 2.00. The minimum absolute atomic E-state index is 0.199. The van der Waals surface area contributed by atoms with E-state index in [9.17, 15) is 4.39 Å². The molecule has 0 bridgehead atoms. The molecule has 1 atom stereocenters. The van der Waals surface area contributed by atoms with Gasteiger partial charge in [0.25, 0.3) is 0 Å². The van der Waals surface area contributed by atoms with E-state index in [1.807, 2.05) is 0 Å². The average Bonchev–Trinajstić information content (AvgIpc) is 2.81. The molecular weight excluding hydrogens is 243 g/mol. The van der Waals surface area contributed by atoms with Crippen LogP contribution in [0.2, 0.25) is 0 Å². The fourth-order valence-electron chi connectivity index (χ4n) is 2.00. The Labute approximate surface area is 112 Å². The molecule has 1 aromatic carbocycles. The van der Waals surface area contributed by atoms with Crippen LogP contribution in [0.1, 0.15) is 37.8 Å². The summed E-state index contributed by atoms with van der Waals surface area (Å²) < 4.78 is 18.9. The second-order valence-corrected chi connectivity index (χ2v) is 5.26. The molecule has 102 valence electrons. The Morgan fingerprint density at radius 1 is 1.37 bits per heavy atom. The van der Waals surface area contributed by atoms with Crippen molar-refractivity contribution in [2.45, 2.75) is 33.2 Å². The Hall–Kier alpha value is -1.68. The standard InChI is InChI=1S/C15H19FN2O/c1-9(2)6-13(17)15-18-8-14(19-15)11-4-5-12(16)10(3)7-11/h4-5,7-9,13H,6,17H2,1-3H3. The van der Waals surface area contributed by atoms with E-state index in [1.165, 1.54) is 6.07 Å². The first-order valence-electron chi connectivity index (χ1n) is 6.45. The first kappa shape index (κ1) is 13.7. The summed E-state index contributed by atoms with van der Waals surface area (Å²) >= 11 is 0. The predicted molar refractivity (Wildman–Crippen MR) is 73.0 cm³/mol. The normalized spacial score (nSPS) is 12.9. The topological polar surface area (TPSA) is 52.0 Å². The quantitative estimate of drug-likeness (QED) is 0.910. The maximum atomic E-state index is 13.2. The second-order valence-electron chi connectivity index (χ2n) is 5.26. The van der Waals surface area contributed by atoms with Crippen LogP contribution in [0.3, 0.4) is 0 Å². The van der Waals surface area contributed by atoms with Crippen LogP contribution in [0.15, 0.2) is 28.8 Å². The number of benzene rings is 1. The van der Waals surface area contributed by atoms with Crippen molar-refractivity contribution in [1.82, 2.24) is 4.98 Å². The van der Waals surface area contributed by atoms with Crippen molar-refractivity contribution in [2.24, 2.45) is 11.7 Å². The summed E-state index contributed by atoms with van der Waals surface area (Å²) in [6, 6.07) is 4.66. The lowest BCUT2D eigenvalue weighted by Gasteiger charge is -2.09. The maximum absolute atomic E-state index is 13.2. The second kappa shape index (κ2) is 5.53. The summed E-state index contributed by atoms with van der Waals surface area (Å²) in [6.07, 6.45) is 2.46. The Kier molecular flexibility index (Phi) is 4.00. The highest BCUT2D eigenvalue weighted by Gasteiger charge is 2.15. The number of hydrogen-bond donors (Lipinski definition) is 1. The SMILES string of the molecule is Cc1cc(-c2cnc(C(N)CC(C)C)o2)ccc1F. The minimum atomic E-state index is -0.222. The molecule has 0 aliphatic heterocycles. The van der Waals surface area contributed by atoms with Crippen molar-refractivity contribution in [3.05, 3.63) is 41.7 Å². The molecule has 0 saturated heterocycles. The van der Waals surface area contributed by atoms with Gasteiger partial charge in [0, 0.05) is 5.56 Å². The molecule has 2 rings (SSSR count). The molecule has 1 aromatic heterocycles. The van der Waals surface area contributed by atoms with Crippen LogP contribution in [-0.4, -0.2) is 4.98 Å². The summed E-state index contributed by atoms with van der Waals surface area (Å²) in [5.74, 6) is 1.42. The molecule has 0 radical (unpaired) electrons. The molecule has 1 unspecified atom stereocenters. The molecule has 0 saturated carbocycles. The van der Waals surface area contributed by atoms with Gasteiger partial charge in [0.15, 0.2) is 5.76 Å². The van der Waals surface area contributed by atoms with Crippen molar-refractivity contribution in [3.63, 3.8) is 0 Å². The van der Waals surface area contributed by atoms with Crippen molar-refractivity contribution >= 4 is 0 Å². The van der Waals surface area contributed by atoms with Crippen LogP contribution in [0.5, 0.6) is 0 Å². The monoisotopic (exact) mass is 262 g/mol. The lowest BCUT2D eigenvalue weighted by Crippen LogP contribution is -2.13.